The lowest BCUT2D eigenvalue weighted by Crippen LogP contribution is -2.30. The van der Waals surface area contributed by atoms with E-state index in [-0.39, 0.29) is 6.04 Å². The van der Waals surface area contributed by atoms with Crippen LogP contribution in [-0.2, 0) is 13.0 Å². The van der Waals surface area contributed by atoms with Crippen LogP contribution in [0.1, 0.15) is 36.2 Å². The molecule has 0 amide bonds. The van der Waals surface area contributed by atoms with Gasteiger partial charge in [0.05, 0.1) is 11.1 Å². The molecule has 0 aliphatic rings. The third-order valence-corrected chi connectivity index (χ3v) is 4.89. The van der Waals surface area contributed by atoms with Crippen molar-refractivity contribution in [3.63, 3.8) is 0 Å². The summed E-state index contributed by atoms with van der Waals surface area (Å²) in [6, 6.07) is -0.0451. The molecule has 2 rings (SSSR count). The van der Waals surface area contributed by atoms with E-state index in [1.807, 2.05) is 17.0 Å². The zero-order valence-corrected chi connectivity index (χ0v) is 13.5. The Morgan fingerprint density at radius 2 is 2.25 bits per heavy atom. The fourth-order valence-corrected chi connectivity index (χ4v) is 3.43. The summed E-state index contributed by atoms with van der Waals surface area (Å²) in [5.74, 6) is 7.13. The molecule has 2 aromatic rings. The highest BCUT2D eigenvalue weighted by Gasteiger charge is 2.20. The molecule has 20 heavy (non-hydrogen) atoms. The number of halogens is 1. The molecule has 0 fully saturated rings. The van der Waals surface area contributed by atoms with Gasteiger partial charge in [0.15, 0.2) is 0 Å². The maximum Gasteiger partial charge on any atom is 0.138 e. The number of hydrogen-bond donors (Lipinski definition) is 2. The fraction of sp³-hybridized carbons (Fsp3) is 0.538. The van der Waals surface area contributed by atoms with E-state index in [4.69, 9.17) is 17.4 Å². The number of nitrogens with two attached hydrogens (primary N) is 1. The van der Waals surface area contributed by atoms with Crippen molar-refractivity contribution in [3.8, 4) is 0 Å². The number of hydrogen-bond acceptors (Lipinski definition) is 5. The van der Waals surface area contributed by atoms with Gasteiger partial charge in [0.2, 0.25) is 0 Å². The lowest BCUT2D eigenvalue weighted by Gasteiger charge is -2.16. The summed E-state index contributed by atoms with van der Waals surface area (Å²) in [7, 11) is 0. The first-order valence-corrected chi connectivity index (χ1v) is 7.85. The predicted molar refractivity (Wildman–Crippen MR) is 82.7 cm³/mol. The van der Waals surface area contributed by atoms with Gasteiger partial charge in [0.1, 0.15) is 12.2 Å². The van der Waals surface area contributed by atoms with Crippen LogP contribution in [0.15, 0.2) is 11.7 Å². The molecule has 2 heterocycles. The maximum absolute atomic E-state index is 6.32. The number of hydrazine groups is 1. The molecule has 3 N–H and O–H groups in total. The number of aromatic nitrogens is 3. The smallest absolute Gasteiger partial charge is 0.138 e. The van der Waals surface area contributed by atoms with Crippen molar-refractivity contribution in [3.05, 3.63) is 33.0 Å². The first kappa shape index (κ1) is 15.4. The highest BCUT2D eigenvalue weighted by atomic mass is 35.5. The van der Waals surface area contributed by atoms with Gasteiger partial charge in [0, 0.05) is 17.8 Å². The van der Waals surface area contributed by atoms with Crippen LogP contribution in [-0.4, -0.2) is 14.8 Å². The highest BCUT2D eigenvalue weighted by molar-refractivity contribution is 7.10. The van der Waals surface area contributed by atoms with Gasteiger partial charge in [-0.05, 0) is 23.8 Å². The summed E-state index contributed by atoms with van der Waals surface area (Å²) in [6.45, 7) is 7.16. The van der Waals surface area contributed by atoms with Gasteiger partial charge in [-0.2, -0.15) is 5.10 Å². The Morgan fingerprint density at radius 3 is 2.80 bits per heavy atom. The van der Waals surface area contributed by atoms with Crippen LogP contribution in [0, 0.1) is 12.8 Å². The zero-order chi connectivity index (χ0) is 14.7. The second kappa shape index (κ2) is 6.67. The van der Waals surface area contributed by atoms with Gasteiger partial charge in [-0.1, -0.05) is 25.4 Å². The fourth-order valence-electron chi connectivity index (χ4n) is 2.04. The topological polar surface area (TPSA) is 68.8 Å². The molecule has 0 saturated carbocycles. The van der Waals surface area contributed by atoms with Crippen molar-refractivity contribution in [2.75, 3.05) is 0 Å². The first-order chi connectivity index (χ1) is 9.52. The lowest BCUT2D eigenvalue weighted by atomic mass is 10.1. The van der Waals surface area contributed by atoms with Gasteiger partial charge in [-0.3, -0.25) is 11.3 Å². The van der Waals surface area contributed by atoms with Crippen LogP contribution in [0.3, 0.4) is 0 Å². The molecule has 5 nitrogen and oxygen atoms in total. The molecular formula is C13H20ClN5S. The zero-order valence-electron chi connectivity index (χ0n) is 11.9. The van der Waals surface area contributed by atoms with Crippen molar-refractivity contribution < 1.29 is 0 Å². The van der Waals surface area contributed by atoms with Crippen molar-refractivity contribution >= 4 is 22.9 Å². The monoisotopic (exact) mass is 313 g/mol. The predicted octanol–water partition coefficient (Wildman–Crippen LogP) is 2.70. The van der Waals surface area contributed by atoms with Gasteiger partial charge < -0.3 is 0 Å². The van der Waals surface area contributed by atoms with Crippen LogP contribution < -0.4 is 11.3 Å². The quantitative estimate of drug-likeness (QED) is 0.635. The van der Waals surface area contributed by atoms with E-state index in [0.29, 0.717) is 12.3 Å². The lowest BCUT2D eigenvalue weighted by molar-refractivity contribution is 0.448. The Hall–Kier alpha value is -0.950. The maximum atomic E-state index is 6.32. The van der Waals surface area contributed by atoms with Gasteiger partial charge >= 0.3 is 0 Å². The largest absolute Gasteiger partial charge is 0.271 e. The first-order valence-electron chi connectivity index (χ1n) is 6.59. The Balaban J connectivity index is 2.19. The second-order valence-corrected chi connectivity index (χ2v) is 6.56. The standard InChI is InChI=1S/C13H20ClN5S/c1-8(2)5-19-11(16-7-17-19)4-10(18-15)13-12(14)9(3)6-20-13/h6-8,10,18H,4-5,15H2,1-3H3. The molecule has 0 spiro atoms. The molecule has 1 atom stereocenters. The number of thiophene rings is 1. The Bertz CT molecular complexity index is 563. The number of nitrogens with one attached hydrogen (secondary N) is 1. The Labute approximate surface area is 128 Å². The molecule has 0 aliphatic heterocycles. The minimum atomic E-state index is -0.0451. The van der Waals surface area contributed by atoms with Crippen LogP contribution >= 0.6 is 22.9 Å². The van der Waals surface area contributed by atoms with Crippen LogP contribution in [0.4, 0.5) is 0 Å². The molecule has 7 heteroatoms. The van der Waals surface area contributed by atoms with E-state index in [9.17, 15) is 0 Å². The van der Waals surface area contributed by atoms with Crippen molar-refractivity contribution in [2.24, 2.45) is 11.8 Å². The van der Waals surface area contributed by atoms with E-state index in [2.05, 4.69) is 29.4 Å². The van der Waals surface area contributed by atoms with Crippen molar-refractivity contribution in [1.29, 1.82) is 0 Å². The summed E-state index contributed by atoms with van der Waals surface area (Å²) >= 11 is 7.94. The molecule has 0 radical (unpaired) electrons. The van der Waals surface area contributed by atoms with Gasteiger partial charge in [0.25, 0.3) is 0 Å². The second-order valence-electron chi connectivity index (χ2n) is 5.27. The number of nitrogens with zero attached hydrogens (tertiary/aromatic N) is 3. The molecule has 0 bridgehead atoms. The summed E-state index contributed by atoms with van der Waals surface area (Å²) in [4.78, 5) is 5.38. The summed E-state index contributed by atoms with van der Waals surface area (Å²) in [6.07, 6.45) is 2.26. The molecule has 0 aromatic carbocycles. The van der Waals surface area contributed by atoms with E-state index < -0.39 is 0 Å². The number of rotatable bonds is 6. The molecule has 0 saturated heterocycles. The molecule has 2 aromatic heterocycles. The minimum absolute atomic E-state index is 0.0451. The Morgan fingerprint density at radius 1 is 1.50 bits per heavy atom. The Kier molecular flexibility index (Phi) is 5.15. The number of aryl methyl sites for hydroxylation is 1. The minimum Gasteiger partial charge on any atom is -0.271 e. The van der Waals surface area contributed by atoms with Crippen molar-refractivity contribution in [2.45, 2.75) is 39.8 Å². The van der Waals surface area contributed by atoms with E-state index >= 15 is 0 Å². The summed E-state index contributed by atoms with van der Waals surface area (Å²) in [5.41, 5.74) is 3.92. The molecular weight excluding hydrogens is 294 g/mol. The normalized spacial score (nSPS) is 13.1. The SMILES string of the molecule is Cc1csc(C(Cc2ncnn2CC(C)C)NN)c1Cl. The van der Waals surface area contributed by atoms with Crippen LogP contribution in [0.25, 0.3) is 0 Å². The van der Waals surface area contributed by atoms with Crippen LogP contribution in [0.5, 0.6) is 0 Å². The average molecular weight is 314 g/mol. The molecule has 1 unspecified atom stereocenters. The summed E-state index contributed by atoms with van der Waals surface area (Å²) < 4.78 is 1.93. The molecule has 0 aliphatic carbocycles. The van der Waals surface area contributed by atoms with Gasteiger partial charge in [-0.15, -0.1) is 11.3 Å². The summed E-state index contributed by atoms with van der Waals surface area (Å²) in [5, 5.41) is 7.10. The van der Waals surface area contributed by atoms with E-state index in [0.717, 1.165) is 27.8 Å². The molecule has 110 valence electrons. The highest BCUT2D eigenvalue weighted by Crippen LogP contribution is 2.33. The van der Waals surface area contributed by atoms with Crippen molar-refractivity contribution in [1.82, 2.24) is 20.2 Å². The van der Waals surface area contributed by atoms with E-state index in [1.54, 1.807) is 17.7 Å². The third kappa shape index (κ3) is 3.38. The van der Waals surface area contributed by atoms with Gasteiger partial charge in [-0.25, -0.2) is 9.67 Å². The third-order valence-electron chi connectivity index (χ3n) is 3.06. The average Bonchev–Trinajstić information content (AvgIpc) is 2.95. The van der Waals surface area contributed by atoms with Crippen LogP contribution in [0.2, 0.25) is 5.02 Å². The van der Waals surface area contributed by atoms with E-state index in [1.165, 1.54) is 0 Å².